The number of amides is 1. The molecule has 1 heterocycles. The van der Waals surface area contributed by atoms with Gasteiger partial charge in [0.15, 0.2) is 6.61 Å². The van der Waals surface area contributed by atoms with Gasteiger partial charge in [-0.25, -0.2) is 17.2 Å². The molecule has 0 spiro atoms. The minimum Gasteiger partial charge on any atom is -0.484 e. The van der Waals surface area contributed by atoms with Crippen LogP contribution in [0.1, 0.15) is 12.5 Å². The van der Waals surface area contributed by atoms with E-state index in [1.165, 1.54) is 10.5 Å². The molecule has 0 bridgehead atoms. The van der Waals surface area contributed by atoms with E-state index in [2.05, 4.69) is 0 Å². The maximum Gasteiger partial charge on any atom is 0.260 e. The quantitative estimate of drug-likeness (QED) is 0.715. The Morgan fingerprint density at radius 2 is 1.69 bits per heavy atom. The molecule has 6 nitrogen and oxygen atoms in total. The van der Waals surface area contributed by atoms with Gasteiger partial charge in [0.2, 0.25) is 10.0 Å². The average Bonchev–Trinajstić information content (AvgIpc) is 2.72. The van der Waals surface area contributed by atoms with E-state index in [1.807, 2.05) is 19.1 Å². The number of hydrogen-bond acceptors (Lipinski definition) is 4. The molecule has 1 aliphatic rings. The van der Waals surface area contributed by atoms with Gasteiger partial charge < -0.3 is 9.64 Å². The summed E-state index contributed by atoms with van der Waals surface area (Å²) in [5.41, 5.74) is 1.17. The Kier molecular flexibility index (Phi) is 6.49. The predicted octanol–water partition coefficient (Wildman–Crippen LogP) is 2.44. The summed E-state index contributed by atoms with van der Waals surface area (Å²) >= 11 is 0. The SMILES string of the molecule is CCc1ccc(OCC(=O)N2CCN(S(=O)(=O)c3ccc(F)cc3F)CC2)cc1. The molecule has 0 atom stereocenters. The van der Waals surface area contributed by atoms with Crippen molar-refractivity contribution in [3.8, 4) is 5.75 Å². The van der Waals surface area contributed by atoms with E-state index in [4.69, 9.17) is 4.74 Å². The van der Waals surface area contributed by atoms with E-state index in [1.54, 1.807) is 12.1 Å². The first kappa shape index (κ1) is 21.2. The molecule has 156 valence electrons. The summed E-state index contributed by atoms with van der Waals surface area (Å²) in [4.78, 5) is 13.3. The number of sulfonamides is 1. The van der Waals surface area contributed by atoms with Crippen LogP contribution in [-0.2, 0) is 21.2 Å². The van der Waals surface area contributed by atoms with Crippen molar-refractivity contribution < 1.29 is 26.7 Å². The summed E-state index contributed by atoms with van der Waals surface area (Å²) in [5, 5.41) is 0. The zero-order valence-electron chi connectivity index (χ0n) is 16.0. The highest BCUT2D eigenvalue weighted by Gasteiger charge is 2.32. The summed E-state index contributed by atoms with van der Waals surface area (Å²) in [6, 6.07) is 9.81. The third kappa shape index (κ3) is 4.91. The Balaban J connectivity index is 1.55. The molecule has 0 aromatic heterocycles. The van der Waals surface area contributed by atoms with E-state index in [9.17, 15) is 22.0 Å². The molecule has 0 N–H and O–H groups in total. The van der Waals surface area contributed by atoms with E-state index < -0.39 is 26.6 Å². The van der Waals surface area contributed by atoms with Crippen molar-refractivity contribution in [1.29, 1.82) is 0 Å². The number of piperazine rings is 1. The predicted molar refractivity (Wildman–Crippen MR) is 103 cm³/mol. The first-order valence-corrected chi connectivity index (χ1v) is 10.7. The van der Waals surface area contributed by atoms with E-state index in [0.717, 1.165) is 22.9 Å². The van der Waals surface area contributed by atoms with Gasteiger partial charge in [-0.05, 0) is 36.2 Å². The van der Waals surface area contributed by atoms with Crippen molar-refractivity contribution in [3.63, 3.8) is 0 Å². The van der Waals surface area contributed by atoms with Gasteiger partial charge in [0.1, 0.15) is 22.3 Å². The fourth-order valence-corrected chi connectivity index (χ4v) is 4.53. The summed E-state index contributed by atoms with van der Waals surface area (Å²) in [6.07, 6.45) is 0.911. The van der Waals surface area contributed by atoms with Crippen molar-refractivity contribution in [2.75, 3.05) is 32.8 Å². The fraction of sp³-hybridized carbons (Fsp3) is 0.350. The lowest BCUT2D eigenvalue weighted by molar-refractivity contribution is -0.134. The monoisotopic (exact) mass is 424 g/mol. The van der Waals surface area contributed by atoms with Crippen LogP contribution < -0.4 is 4.74 Å². The van der Waals surface area contributed by atoms with Gasteiger partial charge >= 0.3 is 0 Å². The van der Waals surface area contributed by atoms with Crippen LogP contribution in [0.4, 0.5) is 8.78 Å². The van der Waals surface area contributed by atoms with Gasteiger partial charge in [-0.2, -0.15) is 4.31 Å². The number of ether oxygens (including phenoxy) is 1. The number of halogens is 2. The zero-order valence-corrected chi connectivity index (χ0v) is 16.8. The second-order valence-electron chi connectivity index (χ2n) is 6.65. The Morgan fingerprint density at radius 3 is 2.28 bits per heavy atom. The Hall–Kier alpha value is -2.52. The minimum absolute atomic E-state index is 0.0239. The highest BCUT2D eigenvalue weighted by molar-refractivity contribution is 7.89. The van der Waals surface area contributed by atoms with Crippen LogP contribution in [0.5, 0.6) is 5.75 Å². The highest BCUT2D eigenvalue weighted by atomic mass is 32.2. The van der Waals surface area contributed by atoms with Crippen molar-refractivity contribution in [3.05, 3.63) is 59.7 Å². The number of carbonyl (C=O) groups excluding carboxylic acids is 1. The summed E-state index contributed by atoms with van der Waals surface area (Å²) in [5.74, 6) is -1.65. The second kappa shape index (κ2) is 8.87. The maximum atomic E-state index is 13.9. The molecular weight excluding hydrogens is 402 g/mol. The summed E-state index contributed by atoms with van der Waals surface area (Å²) in [7, 11) is -4.10. The molecule has 1 saturated heterocycles. The van der Waals surface area contributed by atoms with Gasteiger partial charge in [0.25, 0.3) is 5.91 Å². The molecule has 1 aliphatic heterocycles. The number of carbonyl (C=O) groups is 1. The molecule has 2 aromatic rings. The highest BCUT2D eigenvalue weighted by Crippen LogP contribution is 2.21. The van der Waals surface area contributed by atoms with Gasteiger partial charge in [0.05, 0.1) is 0 Å². The van der Waals surface area contributed by atoms with Crippen LogP contribution in [0.25, 0.3) is 0 Å². The number of nitrogens with zero attached hydrogens (tertiary/aromatic N) is 2. The first-order chi connectivity index (χ1) is 13.8. The van der Waals surface area contributed by atoms with Gasteiger partial charge in [0, 0.05) is 32.2 Å². The Morgan fingerprint density at radius 1 is 1.03 bits per heavy atom. The van der Waals surface area contributed by atoms with Crippen molar-refractivity contribution in [2.45, 2.75) is 18.2 Å². The van der Waals surface area contributed by atoms with Gasteiger partial charge in [-0.1, -0.05) is 19.1 Å². The summed E-state index contributed by atoms with van der Waals surface area (Å²) in [6.45, 7) is 2.28. The number of aryl methyl sites for hydroxylation is 1. The third-order valence-electron chi connectivity index (χ3n) is 4.80. The molecule has 0 saturated carbocycles. The fourth-order valence-electron chi connectivity index (χ4n) is 3.06. The zero-order chi connectivity index (χ0) is 21.0. The number of rotatable bonds is 6. The maximum absolute atomic E-state index is 13.9. The molecule has 9 heteroatoms. The van der Waals surface area contributed by atoms with Crippen LogP contribution in [-0.4, -0.2) is 56.3 Å². The lowest BCUT2D eigenvalue weighted by Crippen LogP contribution is -2.51. The topological polar surface area (TPSA) is 66.9 Å². The molecule has 29 heavy (non-hydrogen) atoms. The average molecular weight is 424 g/mol. The van der Waals surface area contributed by atoms with E-state index >= 15 is 0 Å². The van der Waals surface area contributed by atoms with Crippen molar-refractivity contribution in [1.82, 2.24) is 9.21 Å². The number of hydrogen-bond donors (Lipinski definition) is 0. The molecule has 3 rings (SSSR count). The van der Waals surface area contributed by atoms with Crippen LogP contribution in [0.15, 0.2) is 47.4 Å². The first-order valence-electron chi connectivity index (χ1n) is 9.26. The Bertz CT molecular complexity index is 972. The minimum atomic E-state index is -4.10. The van der Waals surface area contributed by atoms with Crippen LogP contribution in [0.3, 0.4) is 0 Å². The molecule has 0 aliphatic carbocycles. The molecule has 1 amide bonds. The molecular formula is C20H22F2N2O4S. The lowest BCUT2D eigenvalue weighted by Gasteiger charge is -2.34. The van der Waals surface area contributed by atoms with Gasteiger partial charge in [-0.3, -0.25) is 4.79 Å². The van der Waals surface area contributed by atoms with Crippen molar-refractivity contribution >= 4 is 15.9 Å². The van der Waals surface area contributed by atoms with Crippen LogP contribution in [0, 0.1) is 11.6 Å². The molecule has 1 fully saturated rings. The molecule has 0 radical (unpaired) electrons. The second-order valence-corrected chi connectivity index (χ2v) is 8.55. The molecule has 0 unspecified atom stereocenters. The largest absolute Gasteiger partial charge is 0.484 e. The standard InChI is InChI=1S/C20H22F2N2O4S/c1-2-15-3-6-17(7-4-15)28-14-20(25)23-9-11-24(12-10-23)29(26,27)19-8-5-16(21)13-18(19)22/h3-8,13H,2,9-12,14H2,1H3. The van der Waals surface area contributed by atoms with Crippen molar-refractivity contribution in [2.24, 2.45) is 0 Å². The van der Waals surface area contributed by atoms with Crippen LogP contribution in [0.2, 0.25) is 0 Å². The third-order valence-corrected chi connectivity index (χ3v) is 6.73. The normalized spacial score (nSPS) is 15.3. The Labute approximate surface area is 168 Å². The van der Waals surface area contributed by atoms with Gasteiger partial charge in [-0.15, -0.1) is 0 Å². The van der Waals surface area contributed by atoms with E-state index in [0.29, 0.717) is 11.8 Å². The number of benzene rings is 2. The van der Waals surface area contributed by atoms with E-state index in [-0.39, 0.29) is 38.7 Å². The summed E-state index contributed by atoms with van der Waals surface area (Å²) < 4.78 is 58.7. The smallest absolute Gasteiger partial charge is 0.260 e. The van der Waals surface area contributed by atoms with Crippen LogP contribution >= 0.6 is 0 Å². The molecule has 2 aromatic carbocycles. The lowest BCUT2D eigenvalue weighted by atomic mass is 10.2.